The molecule has 7 heteroatoms. The van der Waals surface area contributed by atoms with Gasteiger partial charge in [-0.3, -0.25) is 4.99 Å². The lowest BCUT2D eigenvalue weighted by Gasteiger charge is -2.30. The summed E-state index contributed by atoms with van der Waals surface area (Å²) in [7, 11) is 0. The second-order valence-electron chi connectivity index (χ2n) is 5.75. The van der Waals surface area contributed by atoms with E-state index in [-0.39, 0.29) is 5.82 Å². The van der Waals surface area contributed by atoms with Crippen molar-refractivity contribution in [2.24, 2.45) is 10.7 Å². The number of halogens is 1. The van der Waals surface area contributed by atoms with Crippen LogP contribution >= 0.6 is 11.8 Å². The highest BCUT2D eigenvalue weighted by Gasteiger charge is 2.24. The van der Waals surface area contributed by atoms with Crippen LogP contribution in [0.4, 0.5) is 4.39 Å². The third kappa shape index (κ3) is 3.84. The van der Waals surface area contributed by atoms with Gasteiger partial charge in [0, 0.05) is 23.9 Å². The third-order valence-electron chi connectivity index (χ3n) is 4.33. The molecule has 3 rings (SSSR count). The summed E-state index contributed by atoms with van der Waals surface area (Å²) in [4.78, 5) is 6.71. The van der Waals surface area contributed by atoms with Gasteiger partial charge >= 0.3 is 0 Å². The van der Waals surface area contributed by atoms with Crippen molar-refractivity contribution in [3.05, 3.63) is 29.7 Å². The fourth-order valence-electron chi connectivity index (χ4n) is 3.02. The van der Waals surface area contributed by atoms with E-state index in [0.717, 1.165) is 50.1 Å². The van der Waals surface area contributed by atoms with Crippen molar-refractivity contribution in [2.45, 2.75) is 18.8 Å². The fraction of sp³-hybridized carbons (Fsp3) is 0.500. The number of hydrogen-bond donors (Lipinski definition) is 1. The second kappa shape index (κ2) is 7.31. The van der Waals surface area contributed by atoms with Crippen LogP contribution in [0.1, 0.15) is 24.5 Å². The minimum atomic E-state index is -0.292. The van der Waals surface area contributed by atoms with E-state index in [1.807, 2.05) is 6.26 Å². The molecular weight excluding hydrogens is 315 g/mol. The zero-order valence-corrected chi connectivity index (χ0v) is 14.0. The smallest absolute Gasteiger partial charge is 0.170 e. The Kier molecular flexibility index (Phi) is 5.17. The molecule has 2 aromatic rings. The van der Waals surface area contributed by atoms with E-state index in [1.165, 1.54) is 23.9 Å². The number of nitrogens with zero attached hydrogens (tertiary/aromatic N) is 3. The molecule has 0 aliphatic carbocycles. The lowest BCUT2D eigenvalue weighted by atomic mass is 9.91. The number of rotatable bonds is 4. The highest BCUT2D eigenvalue weighted by atomic mass is 32.2. The van der Waals surface area contributed by atoms with Gasteiger partial charge in [0.05, 0.1) is 12.2 Å². The molecule has 1 aromatic heterocycles. The number of piperidine rings is 1. The predicted octanol–water partition coefficient (Wildman–Crippen LogP) is 2.82. The summed E-state index contributed by atoms with van der Waals surface area (Å²) in [6, 6.07) is 4.63. The van der Waals surface area contributed by atoms with Crippen molar-refractivity contribution >= 4 is 27.9 Å². The summed E-state index contributed by atoms with van der Waals surface area (Å²) in [5.41, 5.74) is 7.18. The van der Waals surface area contributed by atoms with Gasteiger partial charge in [0.25, 0.3) is 0 Å². The Hall–Kier alpha value is -1.60. The molecule has 23 heavy (non-hydrogen) atoms. The first-order valence-corrected chi connectivity index (χ1v) is 9.01. The van der Waals surface area contributed by atoms with Gasteiger partial charge in [-0.1, -0.05) is 16.9 Å². The van der Waals surface area contributed by atoms with Crippen molar-refractivity contribution < 1.29 is 8.91 Å². The van der Waals surface area contributed by atoms with E-state index in [9.17, 15) is 4.39 Å². The van der Waals surface area contributed by atoms with Crippen molar-refractivity contribution in [1.82, 2.24) is 10.1 Å². The molecule has 2 heterocycles. The molecule has 0 atom stereocenters. The molecule has 1 fully saturated rings. The average molecular weight is 336 g/mol. The number of aromatic nitrogens is 1. The molecule has 0 radical (unpaired) electrons. The van der Waals surface area contributed by atoms with Gasteiger partial charge in [-0.05, 0) is 44.3 Å². The van der Waals surface area contributed by atoms with Crippen LogP contribution in [0, 0.1) is 5.82 Å². The van der Waals surface area contributed by atoms with E-state index >= 15 is 0 Å². The topological polar surface area (TPSA) is 67.7 Å². The van der Waals surface area contributed by atoms with Crippen LogP contribution in [-0.4, -0.2) is 47.7 Å². The van der Waals surface area contributed by atoms with E-state index in [0.29, 0.717) is 16.7 Å². The Balaban J connectivity index is 1.58. The molecule has 0 saturated carbocycles. The quantitative estimate of drug-likeness (QED) is 0.687. The first kappa shape index (κ1) is 16.3. The number of amidine groups is 1. The first-order valence-electron chi connectivity index (χ1n) is 7.78. The van der Waals surface area contributed by atoms with Crippen LogP contribution < -0.4 is 5.73 Å². The zero-order valence-electron chi connectivity index (χ0n) is 13.2. The van der Waals surface area contributed by atoms with Crippen LogP contribution in [-0.2, 0) is 0 Å². The van der Waals surface area contributed by atoms with Gasteiger partial charge in [0.1, 0.15) is 5.82 Å². The molecule has 1 saturated heterocycles. The van der Waals surface area contributed by atoms with Crippen LogP contribution in [0.2, 0.25) is 0 Å². The average Bonchev–Trinajstić information content (AvgIpc) is 2.98. The standard InChI is InChI=1S/C16H21FN4OS/c1-23-16(18)19-6-9-21-7-4-11(5-8-21)15-13-3-2-12(17)10-14(13)22-20-15/h2-3,10-11H,4-9H2,1H3,(H2,18,19). The number of thioether (sulfide) groups is 1. The van der Waals surface area contributed by atoms with Crippen LogP contribution in [0.5, 0.6) is 0 Å². The van der Waals surface area contributed by atoms with E-state index in [2.05, 4.69) is 15.0 Å². The largest absolute Gasteiger partial charge is 0.379 e. The Morgan fingerprint density at radius 1 is 1.48 bits per heavy atom. The summed E-state index contributed by atoms with van der Waals surface area (Å²) in [6.07, 6.45) is 3.99. The maximum atomic E-state index is 13.2. The van der Waals surface area contributed by atoms with Crippen molar-refractivity contribution in [3.63, 3.8) is 0 Å². The summed E-state index contributed by atoms with van der Waals surface area (Å²) in [5, 5.41) is 5.75. The number of aliphatic imine (C=N–C) groups is 1. The normalized spacial score (nSPS) is 17.9. The highest BCUT2D eigenvalue weighted by Crippen LogP contribution is 2.32. The van der Waals surface area contributed by atoms with Crippen molar-refractivity contribution in [2.75, 3.05) is 32.4 Å². The molecule has 1 aliphatic rings. The lowest BCUT2D eigenvalue weighted by molar-refractivity contribution is 0.215. The third-order valence-corrected chi connectivity index (χ3v) is 4.88. The summed E-state index contributed by atoms with van der Waals surface area (Å²) >= 11 is 1.48. The van der Waals surface area contributed by atoms with Gasteiger partial charge in [0.2, 0.25) is 0 Å². The number of nitrogens with two attached hydrogens (primary N) is 1. The molecule has 0 unspecified atom stereocenters. The Bertz CT molecular complexity index is 694. The van der Waals surface area contributed by atoms with Gasteiger partial charge in [-0.2, -0.15) is 0 Å². The van der Waals surface area contributed by atoms with E-state index < -0.39 is 0 Å². The Morgan fingerprint density at radius 2 is 2.26 bits per heavy atom. The SMILES string of the molecule is CSC(N)=NCCN1CCC(c2noc3cc(F)ccc23)CC1. The van der Waals surface area contributed by atoms with Gasteiger partial charge in [-0.25, -0.2) is 4.39 Å². The van der Waals surface area contributed by atoms with Gasteiger partial charge in [0.15, 0.2) is 10.8 Å². The van der Waals surface area contributed by atoms with E-state index in [4.69, 9.17) is 10.3 Å². The summed E-state index contributed by atoms with van der Waals surface area (Å²) in [5.74, 6) is 0.0813. The van der Waals surface area contributed by atoms with Crippen LogP contribution in [0.15, 0.2) is 27.7 Å². The number of benzene rings is 1. The molecule has 2 N–H and O–H groups in total. The maximum absolute atomic E-state index is 13.2. The van der Waals surface area contributed by atoms with E-state index in [1.54, 1.807) is 6.07 Å². The molecular formula is C16H21FN4OS. The molecule has 0 bridgehead atoms. The second-order valence-corrected chi connectivity index (χ2v) is 6.57. The van der Waals surface area contributed by atoms with Crippen LogP contribution in [0.25, 0.3) is 11.0 Å². The van der Waals surface area contributed by atoms with Crippen molar-refractivity contribution in [3.8, 4) is 0 Å². The van der Waals surface area contributed by atoms with Crippen molar-refractivity contribution in [1.29, 1.82) is 0 Å². The van der Waals surface area contributed by atoms with Gasteiger partial charge in [-0.15, -0.1) is 0 Å². The lowest BCUT2D eigenvalue weighted by Crippen LogP contribution is -2.35. The fourth-order valence-corrected chi connectivity index (χ4v) is 3.24. The molecule has 124 valence electrons. The first-order chi connectivity index (χ1) is 11.2. The number of fused-ring (bicyclic) bond motifs is 1. The highest BCUT2D eigenvalue weighted by molar-refractivity contribution is 8.13. The number of hydrogen-bond acceptors (Lipinski definition) is 5. The minimum absolute atomic E-state index is 0.292. The van der Waals surface area contributed by atoms with Crippen LogP contribution in [0.3, 0.4) is 0 Å². The molecule has 0 spiro atoms. The predicted molar refractivity (Wildman–Crippen MR) is 92.4 cm³/mol. The molecule has 5 nitrogen and oxygen atoms in total. The monoisotopic (exact) mass is 336 g/mol. The maximum Gasteiger partial charge on any atom is 0.170 e. The zero-order chi connectivity index (χ0) is 16.2. The Morgan fingerprint density at radius 3 is 3.00 bits per heavy atom. The Labute approximate surface area is 139 Å². The minimum Gasteiger partial charge on any atom is -0.379 e. The molecule has 1 aromatic carbocycles. The van der Waals surface area contributed by atoms with Gasteiger partial charge < -0.3 is 15.2 Å². The molecule has 1 aliphatic heterocycles. The summed E-state index contributed by atoms with van der Waals surface area (Å²) < 4.78 is 18.5. The summed E-state index contributed by atoms with van der Waals surface area (Å²) in [6.45, 7) is 3.69. The molecule has 0 amide bonds. The number of likely N-dealkylation sites (tertiary alicyclic amines) is 1.